The second-order valence-corrected chi connectivity index (χ2v) is 5.24. The van der Waals surface area contributed by atoms with Gasteiger partial charge in [-0.2, -0.15) is 0 Å². The van der Waals surface area contributed by atoms with Crippen LogP contribution in [-0.2, 0) is 0 Å². The van der Waals surface area contributed by atoms with E-state index < -0.39 is 0 Å². The van der Waals surface area contributed by atoms with Crippen LogP contribution in [0.2, 0.25) is 0 Å². The van der Waals surface area contributed by atoms with Crippen molar-refractivity contribution >= 4 is 17.2 Å². The monoisotopic (exact) mass is 275 g/mol. The molecule has 1 aliphatic heterocycles. The maximum atomic E-state index is 12.2. The maximum absolute atomic E-state index is 12.2. The van der Waals surface area contributed by atoms with Crippen molar-refractivity contribution < 1.29 is 9.53 Å². The van der Waals surface area contributed by atoms with Gasteiger partial charge in [0.25, 0.3) is 5.91 Å². The summed E-state index contributed by atoms with van der Waals surface area (Å²) in [6.45, 7) is 1.31. The van der Waals surface area contributed by atoms with Gasteiger partial charge in [0, 0.05) is 25.4 Å². The molecule has 1 atom stereocenters. The number of carbonyl (C=O) groups is 1. The Balaban J connectivity index is 1.60. The number of rotatable bonds is 3. The molecule has 2 aromatic heterocycles. The lowest BCUT2D eigenvalue weighted by atomic mass is 10.3. The standard InChI is InChI=1S/C13H13N3O2S/c17-12(11-3-1-8-19-11)16-7-4-10(9-16)18-13-14-5-2-6-15-13/h1-3,5-6,8,10H,4,7,9H2. The Bertz CT molecular complexity index is 544. The third-order valence-corrected chi connectivity index (χ3v) is 3.84. The minimum absolute atomic E-state index is 0.0219. The highest BCUT2D eigenvalue weighted by Crippen LogP contribution is 2.19. The van der Waals surface area contributed by atoms with Crippen LogP contribution in [0, 0.1) is 0 Å². The summed E-state index contributed by atoms with van der Waals surface area (Å²) in [4.78, 5) is 22.8. The fourth-order valence-electron chi connectivity index (χ4n) is 2.06. The summed E-state index contributed by atoms with van der Waals surface area (Å²) < 4.78 is 5.66. The Morgan fingerprint density at radius 2 is 2.21 bits per heavy atom. The van der Waals surface area contributed by atoms with Crippen molar-refractivity contribution in [2.75, 3.05) is 13.1 Å². The molecule has 19 heavy (non-hydrogen) atoms. The smallest absolute Gasteiger partial charge is 0.316 e. The Morgan fingerprint density at radius 1 is 1.37 bits per heavy atom. The molecular formula is C13H13N3O2S. The van der Waals surface area contributed by atoms with Gasteiger partial charge in [-0.1, -0.05) is 6.07 Å². The summed E-state index contributed by atoms with van der Waals surface area (Å²) in [6.07, 6.45) is 4.08. The Kier molecular flexibility index (Phi) is 3.41. The van der Waals surface area contributed by atoms with E-state index in [0.717, 1.165) is 11.3 Å². The molecule has 0 bridgehead atoms. The van der Waals surface area contributed by atoms with Crippen LogP contribution in [0.25, 0.3) is 0 Å². The maximum Gasteiger partial charge on any atom is 0.316 e. The minimum Gasteiger partial charge on any atom is -0.458 e. The first-order chi connectivity index (χ1) is 9.33. The molecule has 2 aromatic rings. The number of nitrogens with zero attached hydrogens (tertiary/aromatic N) is 3. The van der Waals surface area contributed by atoms with Crippen molar-refractivity contribution in [3.8, 4) is 6.01 Å². The van der Waals surface area contributed by atoms with Crippen LogP contribution in [0.3, 0.4) is 0 Å². The molecule has 1 aliphatic rings. The largest absolute Gasteiger partial charge is 0.458 e. The van der Waals surface area contributed by atoms with E-state index in [0.29, 0.717) is 19.1 Å². The van der Waals surface area contributed by atoms with E-state index in [1.807, 2.05) is 22.4 Å². The zero-order chi connectivity index (χ0) is 13.1. The molecule has 5 nitrogen and oxygen atoms in total. The summed E-state index contributed by atoms with van der Waals surface area (Å²) in [6, 6.07) is 5.85. The Morgan fingerprint density at radius 3 is 2.95 bits per heavy atom. The van der Waals surface area contributed by atoms with Crippen molar-refractivity contribution in [1.82, 2.24) is 14.9 Å². The summed E-state index contributed by atoms with van der Waals surface area (Å²) in [5.41, 5.74) is 0. The number of thiophene rings is 1. The molecule has 0 N–H and O–H groups in total. The molecule has 0 saturated carbocycles. The van der Waals surface area contributed by atoms with Gasteiger partial charge in [-0.3, -0.25) is 4.79 Å². The van der Waals surface area contributed by atoms with Gasteiger partial charge in [0.15, 0.2) is 0 Å². The van der Waals surface area contributed by atoms with Gasteiger partial charge in [0.05, 0.1) is 11.4 Å². The zero-order valence-electron chi connectivity index (χ0n) is 10.2. The predicted molar refractivity (Wildman–Crippen MR) is 71.3 cm³/mol. The first-order valence-electron chi connectivity index (χ1n) is 6.09. The topological polar surface area (TPSA) is 55.3 Å². The molecular weight excluding hydrogens is 262 g/mol. The average molecular weight is 275 g/mol. The molecule has 0 aliphatic carbocycles. The fourth-order valence-corrected chi connectivity index (χ4v) is 2.75. The van der Waals surface area contributed by atoms with Crippen LogP contribution < -0.4 is 4.74 Å². The first kappa shape index (κ1) is 12.1. The summed E-state index contributed by atoms with van der Waals surface area (Å²) in [7, 11) is 0. The van der Waals surface area contributed by atoms with E-state index in [1.165, 1.54) is 11.3 Å². The second-order valence-electron chi connectivity index (χ2n) is 4.29. The number of hydrogen-bond acceptors (Lipinski definition) is 5. The normalized spacial score (nSPS) is 18.5. The molecule has 3 heterocycles. The number of likely N-dealkylation sites (tertiary alicyclic amines) is 1. The third-order valence-electron chi connectivity index (χ3n) is 2.98. The van der Waals surface area contributed by atoms with Gasteiger partial charge in [0.1, 0.15) is 6.10 Å². The average Bonchev–Trinajstić information content (AvgIpc) is 3.10. The number of carbonyl (C=O) groups excluding carboxylic acids is 1. The van der Waals surface area contributed by atoms with Crippen LogP contribution in [0.5, 0.6) is 6.01 Å². The molecule has 0 aromatic carbocycles. The predicted octanol–water partition coefficient (Wildman–Crippen LogP) is 1.83. The van der Waals surface area contributed by atoms with Crippen molar-refractivity contribution in [3.05, 3.63) is 40.8 Å². The molecule has 3 rings (SSSR count). The van der Waals surface area contributed by atoms with E-state index in [-0.39, 0.29) is 12.0 Å². The Hall–Kier alpha value is -1.95. The first-order valence-corrected chi connectivity index (χ1v) is 6.97. The van der Waals surface area contributed by atoms with Gasteiger partial charge in [-0.15, -0.1) is 11.3 Å². The lowest BCUT2D eigenvalue weighted by molar-refractivity contribution is 0.0774. The quantitative estimate of drug-likeness (QED) is 0.857. The molecule has 0 spiro atoms. The third kappa shape index (κ3) is 2.73. The van der Waals surface area contributed by atoms with Crippen molar-refractivity contribution in [3.63, 3.8) is 0 Å². The number of aromatic nitrogens is 2. The van der Waals surface area contributed by atoms with Crippen LogP contribution in [0.1, 0.15) is 16.1 Å². The van der Waals surface area contributed by atoms with Crippen LogP contribution in [-0.4, -0.2) is 40.0 Å². The SMILES string of the molecule is O=C(c1cccs1)N1CCC(Oc2ncccn2)C1. The molecule has 0 radical (unpaired) electrons. The van der Waals surface area contributed by atoms with Gasteiger partial charge in [-0.25, -0.2) is 9.97 Å². The van der Waals surface area contributed by atoms with Gasteiger partial charge in [-0.05, 0) is 17.5 Å². The summed E-state index contributed by atoms with van der Waals surface area (Å²) in [5, 5.41) is 1.91. The van der Waals surface area contributed by atoms with Crippen LogP contribution in [0.15, 0.2) is 36.0 Å². The molecule has 1 amide bonds. The highest BCUT2D eigenvalue weighted by atomic mass is 32.1. The molecule has 98 valence electrons. The van der Waals surface area contributed by atoms with Crippen LogP contribution >= 0.6 is 11.3 Å². The van der Waals surface area contributed by atoms with Gasteiger partial charge < -0.3 is 9.64 Å². The number of amides is 1. The van der Waals surface area contributed by atoms with Crippen molar-refractivity contribution in [2.45, 2.75) is 12.5 Å². The van der Waals surface area contributed by atoms with Gasteiger partial charge >= 0.3 is 6.01 Å². The fraction of sp³-hybridized carbons (Fsp3) is 0.308. The lowest BCUT2D eigenvalue weighted by Crippen LogP contribution is -2.30. The van der Waals surface area contributed by atoms with Gasteiger partial charge in [0.2, 0.25) is 0 Å². The van der Waals surface area contributed by atoms with E-state index in [2.05, 4.69) is 9.97 Å². The molecule has 6 heteroatoms. The van der Waals surface area contributed by atoms with Crippen molar-refractivity contribution in [2.24, 2.45) is 0 Å². The highest BCUT2D eigenvalue weighted by Gasteiger charge is 2.29. The van der Waals surface area contributed by atoms with Crippen molar-refractivity contribution in [1.29, 1.82) is 0 Å². The summed E-state index contributed by atoms with van der Waals surface area (Å²) >= 11 is 1.47. The molecule has 1 saturated heterocycles. The highest BCUT2D eigenvalue weighted by molar-refractivity contribution is 7.12. The van der Waals surface area contributed by atoms with E-state index >= 15 is 0 Å². The molecule has 1 fully saturated rings. The lowest BCUT2D eigenvalue weighted by Gasteiger charge is -2.15. The number of hydrogen-bond donors (Lipinski definition) is 0. The van der Waals surface area contributed by atoms with E-state index in [4.69, 9.17) is 4.74 Å². The van der Waals surface area contributed by atoms with E-state index in [9.17, 15) is 4.79 Å². The second kappa shape index (κ2) is 5.36. The number of ether oxygens (including phenoxy) is 1. The van der Waals surface area contributed by atoms with Crippen LogP contribution in [0.4, 0.5) is 0 Å². The zero-order valence-corrected chi connectivity index (χ0v) is 11.0. The summed E-state index contributed by atoms with van der Waals surface area (Å²) in [5.74, 6) is 0.0788. The van der Waals surface area contributed by atoms with E-state index in [1.54, 1.807) is 18.5 Å². The molecule has 1 unspecified atom stereocenters. The minimum atomic E-state index is -0.0219. The Labute approximate surface area is 114 Å².